The van der Waals surface area contributed by atoms with E-state index < -0.39 is 17.9 Å². The summed E-state index contributed by atoms with van der Waals surface area (Å²) >= 11 is 0. The highest BCUT2D eigenvalue weighted by atomic mass is 16.3. The Morgan fingerprint density at radius 3 is 2.33 bits per heavy atom. The molecule has 15 heavy (non-hydrogen) atoms. The quantitative estimate of drug-likeness (QED) is 0.679. The molecule has 2 N–H and O–H groups in total. The maximum Gasteiger partial charge on any atom is 0.257 e. The van der Waals surface area contributed by atoms with Gasteiger partial charge in [0.2, 0.25) is 0 Å². The maximum atomic E-state index is 11.2. The van der Waals surface area contributed by atoms with Crippen molar-refractivity contribution in [2.45, 2.75) is 6.10 Å². The van der Waals surface area contributed by atoms with E-state index in [1.165, 1.54) is 0 Å². The molecule has 2 amide bonds. The zero-order valence-electron chi connectivity index (χ0n) is 7.81. The van der Waals surface area contributed by atoms with Crippen LogP contribution in [0.2, 0.25) is 0 Å². The molecule has 1 atom stereocenters. The first-order chi connectivity index (χ1) is 7.18. The van der Waals surface area contributed by atoms with Crippen LogP contribution in [0.5, 0.6) is 0 Å². The number of imide groups is 1. The predicted molar refractivity (Wildman–Crippen MR) is 52.6 cm³/mol. The fourth-order valence-electron chi connectivity index (χ4n) is 1.44. The molecule has 4 nitrogen and oxygen atoms in total. The molecule has 1 heterocycles. The van der Waals surface area contributed by atoms with Gasteiger partial charge in [0.1, 0.15) is 6.10 Å². The van der Waals surface area contributed by atoms with Crippen LogP contribution in [-0.4, -0.2) is 16.9 Å². The highest BCUT2D eigenvalue weighted by molar-refractivity contribution is 6.16. The topological polar surface area (TPSA) is 66.4 Å². The van der Waals surface area contributed by atoms with Crippen LogP contribution < -0.4 is 5.32 Å². The average molecular weight is 203 g/mol. The Balaban J connectivity index is 2.30. The molecule has 0 spiro atoms. The van der Waals surface area contributed by atoms with Crippen molar-refractivity contribution in [3.63, 3.8) is 0 Å². The van der Waals surface area contributed by atoms with Crippen LogP contribution in [0.3, 0.4) is 0 Å². The zero-order chi connectivity index (χ0) is 10.8. The molecule has 2 rings (SSSR count). The number of aliphatic hydroxyl groups is 1. The summed E-state index contributed by atoms with van der Waals surface area (Å²) in [5, 5.41) is 11.9. The van der Waals surface area contributed by atoms with Crippen LogP contribution in [0.1, 0.15) is 11.7 Å². The van der Waals surface area contributed by atoms with Gasteiger partial charge >= 0.3 is 0 Å². The van der Waals surface area contributed by atoms with Gasteiger partial charge in [-0.2, -0.15) is 0 Å². The van der Waals surface area contributed by atoms with Gasteiger partial charge in [0, 0.05) is 6.08 Å². The summed E-state index contributed by atoms with van der Waals surface area (Å²) in [6.07, 6.45) is 0.0812. The fourth-order valence-corrected chi connectivity index (χ4v) is 1.44. The SMILES string of the molecule is O=C1C=C(C(O)c2ccccc2)C(=O)N1. The first-order valence-corrected chi connectivity index (χ1v) is 4.48. The van der Waals surface area contributed by atoms with Gasteiger partial charge in [-0.3, -0.25) is 14.9 Å². The lowest BCUT2D eigenvalue weighted by atomic mass is 10.0. The van der Waals surface area contributed by atoms with E-state index in [0.29, 0.717) is 5.56 Å². The van der Waals surface area contributed by atoms with Crippen molar-refractivity contribution >= 4 is 11.8 Å². The van der Waals surface area contributed by atoms with Crippen LogP contribution >= 0.6 is 0 Å². The van der Waals surface area contributed by atoms with Crippen LogP contribution in [-0.2, 0) is 9.59 Å². The van der Waals surface area contributed by atoms with Gasteiger partial charge in [-0.05, 0) is 5.56 Å². The monoisotopic (exact) mass is 203 g/mol. The Bertz CT molecular complexity index is 436. The lowest BCUT2D eigenvalue weighted by Gasteiger charge is -2.09. The number of rotatable bonds is 2. The Hall–Kier alpha value is -1.94. The summed E-state index contributed by atoms with van der Waals surface area (Å²) in [6.45, 7) is 0. The minimum absolute atomic E-state index is 0.0891. The van der Waals surface area contributed by atoms with Crippen molar-refractivity contribution in [2.75, 3.05) is 0 Å². The van der Waals surface area contributed by atoms with Gasteiger partial charge in [0.05, 0.1) is 5.57 Å². The molecule has 1 aromatic carbocycles. The lowest BCUT2D eigenvalue weighted by molar-refractivity contribution is -0.124. The first kappa shape index (κ1) is 9.61. The summed E-state index contributed by atoms with van der Waals surface area (Å²) in [6, 6.07) is 8.72. The van der Waals surface area contributed by atoms with E-state index in [0.717, 1.165) is 6.08 Å². The highest BCUT2D eigenvalue weighted by Crippen LogP contribution is 2.23. The van der Waals surface area contributed by atoms with E-state index in [4.69, 9.17) is 0 Å². The number of nitrogens with one attached hydrogen (secondary N) is 1. The summed E-state index contributed by atoms with van der Waals surface area (Å²) in [7, 11) is 0. The van der Waals surface area contributed by atoms with Crippen molar-refractivity contribution < 1.29 is 14.7 Å². The van der Waals surface area contributed by atoms with Gasteiger partial charge in [-0.1, -0.05) is 30.3 Å². The molecule has 0 aromatic heterocycles. The standard InChI is InChI=1S/C11H9NO3/c13-9-6-8(11(15)12-9)10(14)7-4-2-1-3-5-7/h1-6,10,14H,(H,12,13,15). The van der Waals surface area contributed by atoms with E-state index >= 15 is 0 Å². The Morgan fingerprint density at radius 2 is 1.80 bits per heavy atom. The van der Waals surface area contributed by atoms with E-state index in [1.54, 1.807) is 24.3 Å². The second kappa shape index (κ2) is 3.67. The van der Waals surface area contributed by atoms with Crippen LogP contribution in [0.25, 0.3) is 0 Å². The van der Waals surface area contributed by atoms with Gasteiger partial charge < -0.3 is 5.11 Å². The smallest absolute Gasteiger partial charge is 0.257 e. The molecule has 0 saturated carbocycles. The number of carbonyl (C=O) groups excluding carboxylic acids is 2. The Morgan fingerprint density at radius 1 is 1.13 bits per heavy atom. The second-order valence-corrected chi connectivity index (χ2v) is 3.23. The average Bonchev–Trinajstić information content (AvgIpc) is 2.58. The van der Waals surface area contributed by atoms with Crippen molar-refractivity contribution in [2.24, 2.45) is 0 Å². The third kappa shape index (κ3) is 1.80. The second-order valence-electron chi connectivity index (χ2n) is 3.23. The Labute approximate surface area is 86.2 Å². The molecule has 4 heteroatoms. The molecule has 1 aliphatic rings. The lowest BCUT2D eigenvalue weighted by Crippen LogP contribution is -2.23. The van der Waals surface area contributed by atoms with Crippen LogP contribution in [0.15, 0.2) is 42.0 Å². The van der Waals surface area contributed by atoms with Crippen molar-refractivity contribution in [3.8, 4) is 0 Å². The van der Waals surface area contributed by atoms with E-state index in [9.17, 15) is 14.7 Å². The highest BCUT2D eigenvalue weighted by Gasteiger charge is 2.27. The summed E-state index contributed by atoms with van der Waals surface area (Å²) < 4.78 is 0. The maximum absolute atomic E-state index is 11.2. The van der Waals surface area contributed by atoms with E-state index in [1.807, 2.05) is 6.07 Å². The number of hydrogen-bond donors (Lipinski definition) is 2. The van der Waals surface area contributed by atoms with Crippen LogP contribution in [0.4, 0.5) is 0 Å². The predicted octanol–water partition coefficient (Wildman–Crippen LogP) is 0.303. The largest absolute Gasteiger partial charge is 0.383 e. The molecule has 0 radical (unpaired) electrons. The van der Waals surface area contributed by atoms with E-state index in [-0.39, 0.29) is 5.57 Å². The number of aliphatic hydroxyl groups excluding tert-OH is 1. The number of amides is 2. The van der Waals surface area contributed by atoms with Crippen molar-refractivity contribution in [3.05, 3.63) is 47.5 Å². The molecule has 0 aliphatic carbocycles. The molecule has 1 aromatic rings. The summed E-state index contributed by atoms with van der Waals surface area (Å²) in [5.41, 5.74) is 0.680. The zero-order valence-corrected chi connectivity index (χ0v) is 7.81. The molecule has 1 aliphatic heterocycles. The summed E-state index contributed by atoms with van der Waals surface area (Å²) in [5.74, 6) is -1.01. The van der Waals surface area contributed by atoms with Crippen molar-refractivity contribution in [1.82, 2.24) is 5.32 Å². The third-order valence-corrected chi connectivity index (χ3v) is 2.20. The van der Waals surface area contributed by atoms with Gasteiger partial charge in [-0.25, -0.2) is 0 Å². The first-order valence-electron chi connectivity index (χ1n) is 4.48. The Kier molecular flexibility index (Phi) is 2.35. The number of carbonyl (C=O) groups is 2. The minimum Gasteiger partial charge on any atom is -0.383 e. The molecular formula is C11H9NO3. The normalized spacial score (nSPS) is 17.3. The number of benzene rings is 1. The molecular weight excluding hydrogens is 194 g/mol. The minimum atomic E-state index is -1.04. The fraction of sp³-hybridized carbons (Fsp3) is 0.0909. The molecule has 0 bridgehead atoms. The van der Waals surface area contributed by atoms with Gasteiger partial charge in [0.15, 0.2) is 0 Å². The molecule has 76 valence electrons. The summed E-state index contributed by atoms with van der Waals surface area (Å²) in [4.78, 5) is 22.1. The van der Waals surface area contributed by atoms with Crippen LogP contribution in [0, 0.1) is 0 Å². The van der Waals surface area contributed by atoms with Crippen molar-refractivity contribution in [1.29, 1.82) is 0 Å². The molecule has 0 saturated heterocycles. The van der Waals surface area contributed by atoms with Gasteiger partial charge in [-0.15, -0.1) is 0 Å². The third-order valence-electron chi connectivity index (χ3n) is 2.20. The van der Waals surface area contributed by atoms with Gasteiger partial charge in [0.25, 0.3) is 11.8 Å². The number of hydrogen-bond acceptors (Lipinski definition) is 3. The molecule has 1 unspecified atom stereocenters. The van der Waals surface area contributed by atoms with E-state index in [2.05, 4.69) is 5.32 Å². The molecule has 0 fully saturated rings.